The number of aliphatic carboxylic acids is 1. The third-order valence-corrected chi connectivity index (χ3v) is 2.78. The second-order valence-electron chi connectivity index (χ2n) is 4.45. The van der Waals surface area contributed by atoms with Gasteiger partial charge in [0.05, 0.1) is 0 Å². The van der Waals surface area contributed by atoms with Crippen molar-refractivity contribution < 1.29 is 27.9 Å². The highest BCUT2D eigenvalue weighted by Crippen LogP contribution is 2.31. The van der Waals surface area contributed by atoms with Crippen LogP contribution in [-0.4, -0.2) is 28.7 Å². The van der Waals surface area contributed by atoms with Gasteiger partial charge in [0, 0.05) is 5.92 Å². The van der Waals surface area contributed by atoms with Gasteiger partial charge in [-0.3, -0.25) is 4.79 Å². The van der Waals surface area contributed by atoms with E-state index in [0.29, 0.717) is 6.92 Å². The van der Waals surface area contributed by atoms with Gasteiger partial charge in [-0.05, 0) is 12.8 Å². The van der Waals surface area contributed by atoms with E-state index in [0.717, 1.165) is 0 Å². The standard InChI is InChI=1S/C10H16F3NO3/c1-5(2)6(3)7(15)14-9(4,8(16)17)10(11,12)13/h5-6H,1-4H3,(H,14,15)(H,16,17). The monoisotopic (exact) mass is 255 g/mol. The molecule has 0 aliphatic carbocycles. The number of carboxylic acid groups (broad SMARTS) is 1. The minimum atomic E-state index is -5.05. The predicted octanol–water partition coefficient (Wildman–Crippen LogP) is 1.80. The summed E-state index contributed by atoms with van der Waals surface area (Å²) >= 11 is 0. The Bertz CT molecular complexity index is 314. The van der Waals surface area contributed by atoms with Crippen molar-refractivity contribution in [2.75, 3.05) is 0 Å². The summed E-state index contributed by atoms with van der Waals surface area (Å²) in [5.74, 6) is -3.94. The second-order valence-corrected chi connectivity index (χ2v) is 4.45. The molecule has 0 aromatic heterocycles. The fourth-order valence-electron chi connectivity index (χ4n) is 0.909. The molecule has 0 rings (SSSR count). The Morgan fingerprint density at radius 1 is 1.18 bits per heavy atom. The van der Waals surface area contributed by atoms with Gasteiger partial charge in [-0.2, -0.15) is 13.2 Å². The first-order chi connectivity index (χ1) is 7.43. The fraction of sp³-hybridized carbons (Fsp3) is 0.800. The molecule has 0 fully saturated rings. The van der Waals surface area contributed by atoms with E-state index < -0.39 is 29.5 Å². The SMILES string of the molecule is CC(C)C(C)C(=O)NC(C)(C(=O)O)C(F)(F)F. The predicted molar refractivity (Wildman–Crippen MR) is 54.2 cm³/mol. The zero-order chi connectivity index (χ0) is 14.0. The number of nitrogens with one attached hydrogen (secondary N) is 1. The highest BCUT2D eigenvalue weighted by atomic mass is 19.4. The maximum Gasteiger partial charge on any atom is 0.422 e. The number of halogens is 3. The van der Waals surface area contributed by atoms with Crippen LogP contribution in [0.5, 0.6) is 0 Å². The van der Waals surface area contributed by atoms with Crippen molar-refractivity contribution in [3.63, 3.8) is 0 Å². The first-order valence-electron chi connectivity index (χ1n) is 5.05. The maximum absolute atomic E-state index is 12.6. The normalized spacial score (nSPS) is 17.4. The summed E-state index contributed by atoms with van der Waals surface area (Å²) in [6.07, 6.45) is -5.05. The molecule has 1 amide bonds. The summed E-state index contributed by atoms with van der Waals surface area (Å²) in [5, 5.41) is 10.2. The van der Waals surface area contributed by atoms with Crippen LogP contribution in [0.2, 0.25) is 0 Å². The summed E-state index contributed by atoms with van der Waals surface area (Å²) in [4.78, 5) is 22.1. The Morgan fingerprint density at radius 3 is 1.82 bits per heavy atom. The molecule has 0 heterocycles. The lowest BCUT2D eigenvalue weighted by Crippen LogP contribution is -2.62. The van der Waals surface area contributed by atoms with Crippen LogP contribution in [0.1, 0.15) is 27.7 Å². The van der Waals surface area contributed by atoms with Crippen molar-refractivity contribution in [2.45, 2.75) is 39.4 Å². The Hall–Kier alpha value is -1.27. The van der Waals surface area contributed by atoms with Crippen molar-refractivity contribution >= 4 is 11.9 Å². The third kappa shape index (κ3) is 3.34. The van der Waals surface area contributed by atoms with Gasteiger partial charge in [0.1, 0.15) is 0 Å². The Balaban J connectivity index is 5.05. The number of alkyl halides is 3. The van der Waals surface area contributed by atoms with Crippen LogP contribution in [0.25, 0.3) is 0 Å². The first kappa shape index (κ1) is 15.7. The molecule has 0 spiro atoms. The zero-order valence-corrected chi connectivity index (χ0v) is 10.1. The van der Waals surface area contributed by atoms with Crippen LogP contribution in [0.15, 0.2) is 0 Å². The van der Waals surface area contributed by atoms with Gasteiger partial charge in [-0.1, -0.05) is 20.8 Å². The number of rotatable bonds is 4. The lowest BCUT2D eigenvalue weighted by Gasteiger charge is -2.30. The number of amides is 1. The molecule has 2 atom stereocenters. The van der Waals surface area contributed by atoms with Gasteiger partial charge in [-0.15, -0.1) is 0 Å². The molecule has 0 aliphatic rings. The summed E-state index contributed by atoms with van der Waals surface area (Å²) < 4.78 is 37.8. The molecule has 0 aromatic rings. The lowest BCUT2D eigenvalue weighted by molar-refractivity contribution is -0.207. The summed E-state index contributed by atoms with van der Waals surface area (Å²) in [6, 6.07) is 0. The van der Waals surface area contributed by atoms with Crippen molar-refractivity contribution in [2.24, 2.45) is 11.8 Å². The number of hydrogen-bond donors (Lipinski definition) is 2. The van der Waals surface area contributed by atoms with E-state index in [1.54, 1.807) is 19.2 Å². The molecule has 100 valence electrons. The summed E-state index contributed by atoms with van der Waals surface area (Å²) in [7, 11) is 0. The van der Waals surface area contributed by atoms with Gasteiger partial charge in [0.2, 0.25) is 11.4 Å². The van der Waals surface area contributed by atoms with Crippen LogP contribution < -0.4 is 5.32 Å². The number of hydrogen-bond acceptors (Lipinski definition) is 2. The van der Waals surface area contributed by atoms with Gasteiger partial charge in [-0.25, -0.2) is 4.79 Å². The summed E-state index contributed by atoms with van der Waals surface area (Å²) in [5.41, 5.74) is -3.26. The number of carbonyl (C=O) groups is 2. The van der Waals surface area contributed by atoms with Crippen LogP contribution in [0.3, 0.4) is 0 Å². The average Bonchev–Trinajstić information content (AvgIpc) is 2.13. The van der Waals surface area contributed by atoms with E-state index in [9.17, 15) is 22.8 Å². The minimum Gasteiger partial charge on any atom is -0.479 e. The summed E-state index contributed by atoms with van der Waals surface area (Å²) in [6.45, 7) is 5.20. The van der Waals surface area contributed by atoms with Crippen molar-refractivity contribution in [1.29, 1.82) is 0 Å². The van der Waals surface area contributed by atoms with Crippen molar-refractivity contribution in [1.82, 2.24) is 5.32 Å². The van der Waals surface area contributed by atoms with E-state index in [4.69, 9.17) is 5.11 Å². The lowest BCUT2D eigenvalue weighted by atomic mass is 9.94. The molecule has 2 unspecified atom stereocenters. The molecule has 0 aromatic carbocycles. The van der Waals surface area contributed by atoms with Crippen LogP contribution >= 0.6 is 0 Å². The minimum absolute atomic E-state index is 0.179. The largest absolute Gasteiger partial charge is 0.479 e. The second kappa shape index (κ2) is 4.93. The van der Waals surface area contributed by atoms with E-state index in [1.165, 1.54) is 6.92 Å². The molecule has 7 heteroatoms. The van der Waals surface area contributed by atoms with Crippen molar-refractivity contribution in [3.8, 4) is 0 Å². The molecule has 0 saturated heterocycles. The first-order valence-corrected chi connectivity index (χ1v) is 5.05. The number of carboxylic acids is 1. The van der Waals surface area contributed by atoms with E-state index in [2.05, 4.69) is 0 Å². The molecule has 0 bridgehead atoms. The molecule has 0 saturated carbocycles. The Kier molecular flexibility index (Phi) is 4.56. The molecule has 0 aliphatic heterocycles. The molecule has 17 heavy (non-hydrogen) atoms. The van der Waals surface area contributed by atoms with Gasteiger partial charge < -0.3 is 10.4 Å². The van der Waals surface area contributed by atoms with Crippen LogP contribution in [-0.2, 0) is 9.59 Å². The van der Waals surface area contributed by atoms with Crippen LogP contribution in [0, 0.1) is 11.8 Å². The van der Waals surface area contributed by atoms with E-state index >= 15 is 0 Å². The Labute approximate surface area is 97.2 Å². The highest BCUT2D eigenvalue weighted by molar-refractivity contribution is 5.88. The fourth-order valence-corrected chi connectivity index (χ4v) is 0.909. The zero-order valence-electron chi connectivity index (χ0n) is 10.1. The Morgan fingerprint density at radius 2 is 1.59 bits per heavy atom. The van der Waals surface area contributed by atoms with E-state index in [-0.39, 0.29) is 5.92 Å². The van der Waals surface area contributed by atoms with Gasteiger partial charge >= 0.3 is 12.1 Å². The molecular formula is C10H16F3NO3. The van der Waals surface area contributed by atoms with E-state index in [1.807, 2.05) is 0 Å². The topological polar surface area (TPSA) is 66.4 Å². The van der Waals surface area contributed by atoms with Crippen LogP contribution in [0.4, 0.5) is 13.2 Å². The molecule has 2 N–H and O–H groups in total. The third-order valence-electron chi connectivity index (χ3n) is 2.78. The number of carbonyl (C=O) groups excluding carboxylic acids is 1. The molecular weight excluding hydrogens is 239 g/mol. The maximum atomic E-state index is 12.6. The quantitative estimate of drug-likeness (QED) is 0.805. The smallest absolute Gasteiger partial charge is 0.422 e. The molecule has 4 nitrogen and oxygen atoms in total. The molecule has 0 radical (unpaired) electrons. The van der Waals surface area contributed by atoms with Crippen molar-refractivity contribution in [3.05, 3.63) is 0 Å². The average molecular weight is 255 g/mol. The van der Waals surface area contributed by atoms with Gasteiger partial charge in [0.15, 0.2) is 0 Å². The highest BCUT2D eigenvalue weighted by Gasteiger charge is 2.58. The van der Waals surface area contributed by atoms with Gasteiger partial charge in [0.25, 0.3) is 0 Å².